The van der Waals surface area contributed by atoms with Gasteiger partial charge in [-0.3, -0.25) is 9.69 Å². The Bertz CT molecular complexity index is 848. The second-order valence-electron chi connectivity index (χ2n) is 7.51. The van der Waals surface area contributed by atoms with E-state index in [-0.39, 0.29) is 12.0 Å². The van der Waals surface area contributed by atoms with E-state index in [2.05, 4.69) is 38.1 Å². The second kappa shape index (κ2) is 9.19. The predicted octanol–water partition coefficient (Wildman–Crippen LogP) is 2.75. The van der Waals surface area contributed by atoms with E-state index < -0.39 is 0 Å². The fraction of sp³-hybridized carbons (Fsp3) is 0.476. The maximum absolute atomic E-state index is 12.4. The highest BCUT2D eigenvalue weighted by atomic mass is 79.9. The van der Waals surface area contributed by atoms with E-state index in [0.29, 0.717) is 25.3 Å². The smallest absolute Gasteiger partial charge is 0.286 e. The van der Waals surface area contributed by atoms with Gasteiger partial charge < -0.3 is 24.1 Å². The third-order valence-electron chi connectivity index (χ3n) is 5.25. The van der Waals surface area contributed by atoms with Gasteiger partial charge in [0.2, 0.25) is 0 Å². The van der Waals surface area contributed by atoms with Gasteiger partial charge in [0.05, 0.1) is 11.0 Å². The first-order chi connectivity index (χ1) is 14.1. The highest BCUT2D eigenvalue weighted by molar-refractivity contribution is 9.10. The summed E-state index contributed by atoms with van der Waals surface area (Å²) in [4.78, 5) is 17.0. The third-order valence-corrected chi connectivity index (χ3v) is 5.88. The van der Waals surface area contributed by atoms with E-state index in [4.69, 9.17) is 13.9 Å². The lowest BCUT2D eigenvalue weighted by atomic mass is 10.2. The SMILES string of the molecule is CN1CCN(Cc2ccc(C(=O)NCCC3COc4cccc(Br)c4O3)o2)CC1. The molecule has 1 fully saturated rings. The number of benzene rings is 1. The van der Waals surface area contributed by atoms with Crippen molar-refractivity contribution < 1.29 is 18.7 Å². The third kappa shape index (κ3) is 5.12. The summed E-state index contributed by atoms with van der Waals surface area (Å²) in [6, 6.07) is 9.35. The number of para-hydroxylation sites is 1. The first-order valence-corrected chi connectivity index (χ1v) is 10.7. The van der Waals surface area contributed by atoms with Crippen LogP contribution in [0.3, 0.4) is 0 Å². The number of amides is 1. The molecule has 4 rings (SSSR count). The van der Waals surface area contributed by atoms with Gasteiger partial charge in [-0.25, -0.2) is 0 Å². The molecule has 2 aliphatic rings. The molecule has 2 aromatic rings. The highest BCUT2D eigenvalue weighted by Crippen LogP contribution is 2.38. The molecule has 1 atom stereocenters. The van der Waals surface area contributed by atoms with E-state index in [1.54, 1.807) is 6.07 Å². The van der Waals surface area contributed by atoms with Crippen molar-refractivity contribution in [2.75, 3.05) is 46.4 Å². The molecule has 7 nitrogen and oxygen atoms in total. The molecule has 156 valence electrons. The van der Waals surface area contributed by atoms with Gasteiger partial charge >= 0.3 is 0 Å². The number of hydrogen-bond acceptors (Lipinski definition) is 6. The molecule has 0 bridgehead atoms. The van der Waals surface area contributed by atoms with Crippen molar-refractivity contribution in [3.63, 3.8) is 0 Å². The fourth-order valence-electron chi connectivity index (χ4n) is 3.49. The number of nitrogens with zero attached hydrogens (tertiary/aromatic N) is 2. The van der Waals surface area contributed by atoms with Crippen LogP contribution in [0.2, 0.25) is 0 Å². The summed E-state index contributed by atoms with van der Waals surface area (Å²) in [7, 11) is 2.13. The average molecular weight is 464 g/mol. The Morgan fingerprint density at radius 3 is 2.86 bits per heavy atom. The first-order valence-electron chi connectivity index (χ1n) is 9.94. The zero-order valence-corrected chi connectivity index (χ0v) is 18.1. The van der Waals surface area contributed by atoms with Gasteiger partial charge in [0.1, 0.15) is 18.5 Å². The first kappa shape index (κ1) is 20.3. The van der Waals surface area contributed by atoms with Gasteiger partial charge in [-0.15, -0.1) is 0 Å². The van der Waals surface area contributed by atoms with Crippen LogP contribution in [0.15, 0.2) is 39.2 Å². The van der Waals surface area contributed by atoms with Gasteiger partial charge in [-0.05, 0) is 47.2 Å². The Morgan fingerprint density at radius 1 is 1.21 bits per heavy atom. The van der Waals surface area contributed by atoms with Gasteiger partial charge in [-0.2, -0.15) is 0 Å². The van der Waals surface area contributed by atoms with E-state index in [9.17, 15) is 4.79 Å². The van der Waals surface area contributed by atoms with Gasteiger partial charge in [0.25, 0.3) is 5.91 Å². The molecule has 0 saturated carbocycles. The Kier molecular flexibility index (Phi) is 6.42. The largest absolute Gasteiger partial charge is 0.486 e. The van der Waals surface area contributed by atoms with Crippen molar-refractivity contribution in [1.82, 2.24) is 15.1 Å². The number of carbonyl (C=O) groups excluding carboxylic acids is 1. The van der Waals surface area contributed by atoms with Crippen LogP contribution in [0.1, 0.15) is 22.7 Å². The van der Waals surface area contributed by atoms with Crippen LogP contribution in [0, 0.1) is 0 Å². The maximum atomic E-state index is 12.4. The molecule has 0 spiro atoms. The lowest BCUT2D eigenvalue weighted by molar-refractivity contribution is 0.0795. The molecule has 1 N–H and O–H groups in total. The Hall–Kier alpha value is -2.03. The van der Waals surface area contributed by atoms with Crippen LogP contribution in [0.5, 0.6) is 11.5 Å². The van der Waals surface area contributed by atoms with E-state index in [1.807, 2.05) is 24.3 Å². The molecule has 0 aliphatic carbocycles. The summed E-state index contributed by atoms with van der Waals surface area (Å²) in [5.41, 5.74) is 0. The second-order valence-corrected chi connectivity index (χ2v) is 8.36. The predicted molar refractivity (Wildman–Crippen MR) is 112 cm³/mol. The van der Waals surface area contributed by atoms with Crippen LogP contribution >= 0.6 is 15.9 Å². The number of carbonyl (C=O) groups is 1. The number of ether oxygens (including phenoxy) is 2. The molecule has 1 aromatic heterocycles. The molecule has 8 heteroatoms. The van der Waals surface area contributed by atoms with Crippen molar-refractivity contribution in [3.8, 4) is 11.5 Å². The Balaban J connectivity index is 1.22. The summed E-state index contributed by atoms with van der Waals surface area (Å²) in [5.74, 6) is 2.43. The zero-order chi connectivity index (χ0) is 20.2. The van der Waals surface area contributed by atoms with Crippen LogP contribution in [0.25, 0.3) is 0 Å². The summed E-state index contributed by atoms with van der Waals surface area (Å²) >= 11 is 3.48. The number of rotatable bonds is 6. The monoisotopic (exact) mass is 463 g/mol. The quantitative estimate of drug-likeness (QED) is 0.710. The number of halogens is 1. The van der Waals surface area contributed by atoms with Crippen molar-refractivity contribution in [2.24, 2.45) is 0 Å². The topological polar surface area (TPSA) is 67.2 Å². The minimum absolute atomic E-state index is 0.106. The zero-order valence-electron chi connectivity index (χ0n) is 16.5. The maximum Gasteiger partial charge on any atom is 0.286 e. The average Bonchev–Trinajstić information content (AvgIpc) is 3.19. The van der Waals surface area contributed by atoms with E-state index >= 15 is 0 Å². The lowest BCUT2D eigenvalue weighted by Crippen LogP contribution is -2.43. The minimum Gasteiger partial charge on any atom is -0.486 e. The lowest BCUT2D eigenvalue weighted by Gasteiger charge is -2.31. The van der Waals surface area contributed by atoms with Gasteiger partial charge in [0.15, 0.2) is 17.3 Å². The summed E-state index contributed by atoms with van der Waals surface area (Å²) in [6.45, 7) is 5.84. The molecule has 1 saturated heterocycles. The summed E-state index contributed by atoms with van der Waals surface area (Å²) in [6.07, 6.45) is 0.548. The van der Waals surface area contributed by atoms with Crippen molar-refractivity contribution >= 4 is 21.8 Å². The minimum atomic E-state index is -0.201. The van der Waals surface area contributed by atoms with Crippen LogP contribution in [0.4, 0.5) is 0 Å². The number of piperazine rings is 1. The van der Waals surface area contributed by atoms with Crippen molar-refractivity contribution in [1.29, 1.82) is 0 Å². The number of furan rings is 1. The fourth-order valence-corrected chi connectivity index (χ4v) is 3.93. The molecular formula is C21H26BrN3O4. The highest BCUT2D eigenvalue weighted by Gasteiger charge is 2.23. The number of likely N-dealkylation sites (N-methyl/N-ethyl adjacent to an activating group) is 1. The van der Waals surface area contributed by atoms with Crippen molar-refractivity contribution in [3.05, 3.63) is 46.3 Å². The number of nitrogens with one attached hydrogen (secondary N) is 1. The molecule has 1 unspecified atom stereocenters. The molecule has 1 aromatic carbocycles. The van der Waals surface area contributed by atoms with Crippen LogP contribution < -0.4 is 14.8 Å². The number of hydrogen-bond donors (Lipinski definition) is 1. The van der Waals surface area contributed by atoms with E-state index in [0.717, 1.165) is 54.5 Å². The summed E-state index contributed by atoms with van der Waals surface area (Å²) in [5, 5.41) is 2.91. The molecule has 3 heterocycles. The Labute approximate surface area is 179 Å². The van der Waals surface area contributed by atoms with Gasteiger partial charge in [-0.1, -0.05) is 6.07 Å². The molecular weight excluding hydrogens is 438 g/mol. The normalized spacial score (nSPS) is 19.9. The van der Waals surface area contributed by atoms with Crippen LogP contribution in [-0.4, -0.2) is 68.2 Å². The van der Waals surface area contributed by atoms with Crippen molar-refractivity contribution in [2.45, 2.75) is 19.1 Å². The molecule has 29 heavy (non-hydrogen) atoms. The Morgan fingerprint density at radius 2 is 2.03 bits per heavy atom. The van der Waals surface area contributed by atoms with Gasteiger partial charge in [0, 0.05) is 39.1 Å². The van der Waals surface area contributed by atoms with E-state index in [1.165, 1.54) is 0 Å². The number of fused-ring (bicyclic) bond motifs is 1. The molecule has 2 aliphatic heterocycles. The summed E-state index contributed by atoms with van der Waals surface area (Å²) < 4.78 is 18.4. The molecule has 0 radical (unpaired) electrons. The standard InChI is InChI=1S/C21H26BrN3O4/c1-24-9-11-25(12-10-24)13-15-5-6-19(28-15)21(26)23-8-7-16-14-27-18-4-2-3-17(22)20(18)29-16/h2-6,16H,7-14H2,1H3,(H,23,26). The molecule has 1 amide bonds. The van der Waals surface area contributed by atoms with Crippen LogP contribution in [-0.2, 0) is 6.54 Å².